The molecule has 0 bridgehead atoms. The number of benzene rings is 1. The van der Waals surface area contributed by atoms with Crippen molar-refractivity contribution in [1.82, 2.24) is 0 Å². The molecule has 0 aliphatic rings. The van der Waals surface area contributed by atoms with E-state index in [0.717, 1.165) is 0 Å². The van der Waals surface area contributed by atoms with E-state index in [9.17, 15) is 0 Å². The zero-order chi connectivity index (χ0) is 5.98. The van der Waals surface area contributed by atoms with Gasteiger partial charge in [0.2, 0.25) is 0 Å². The Balaban J connectivity index is 0.000000640. The van der Waals surface area contributed by atoms with Gasteiger partial charge in [0.25, 0.3) is 0 Å². The Kier molecular flexibility index (Phi) is 3.82. The van der Waals surface area contributed by atoms with E-state index in [1.165, 1.54) is 18.2 Å². The fraction of sp³-hybridized carbons (Fsp3) is 0. The SMILES string of the molecule is Oc1[c-]ccc(O)c1.[Y]. The number of rotatable bonds is 0. The van der Waals surface area contributed by atoms with Crippen LogP contribution in [0, 0.1) is 6.07 Å². The first-order valence-corrected chi connectivity index (χ1v) is 2.19. The van der Waals surface area contributed by atoms with Crippen LogP contribution in [0.5, 0.6) is 11.5 Å². The molecule has 3 heteroatoms. The Labute approximate surface area is 78.4 Å². The van der Waals surface area contributed by atoms with Gasteiger partial charge in [0.05, 0.1) is 0 Å². The molecule has 1 aromatic carbocycles. The normalized spacial score (nSPS) is 8.00. The maximum Gasteiger partial charge on any atom is 0.0117 e. The van der Waals surface area contributed by atoms with Crippen molar-refractivity contribution >= 4 is 0 Å². The van der Waals surface area contributed by atoms with Gasteiger partial charge in [0.1, 0.15) is 0 Å². The Hall–Kier alpha value is -0.0761. The standard InChI is InChI=1S/C6H5O2.Y/c7-5-2-1-3-6(8)4-5;/h1-2,4,7-8H;/q-1;. The number of phenolic OH excluding ortho intramolecular Hbond substituents is 2. The van der Waals surface area contributed by atoms with Crippen molar-refractivity contribution in [1.29, 1.82) is 0 Å². The second-order valence-corrected chi connectivity index (χ2v) is 1.43. The van der Waals surface area contributed by atoms with E-state index >= 15 is 0 Å². The predicted molar refractivity (Wildman–Crippen MR) is 28.6 cm³/mol. The van der Waals surface area contributed by atoms with Gasteiger partial charge in [-0.1, -0.05) is 6.07 Å². The molecular formula is C6H5O2Y-. The topological polar surface area (TPSA) is 40.5 Å². The van der Waals surface area contributed by atoms with Gasteiger partial charge in [-0.25, -0.2) is 0 Å². The second-order valence-electron chi connectivity index (χ2n) is 1.43. The second kappa shape index (κ2) is 3.86. The van der Waals surface area contributed by atoms with Gasteiger partial charge >= 0.3 is 0 Å². The summed E-state index contributed by atoms with van der Waals surface area (Å²) in [6, 6.07) is 6.58. The van der Waals surface area contributed by atoms with E-state index in [1.54, 1.807) is 0 Å². The third kappa shape index (κ3) is 2.82. The van der Waals surface area contributed by atoms with Crippen molar-refractivity contribution in [3.63, 3.8) is 0 Å². The number of aromatic hydroxyl groups is 2. The van der Waals surface area contributed by atoms with Crippen LogP contribution in [0.25, 0.3) is 0 Å². The summed E-state index contributed by atoms with van der Waals surface area (Å²) in [4.78, 5) is 0. The van der Waals surface area contributed by atoms with Gasteiger partial charge in [-0.05, 0) is 0 Å². The first-order valence-electron chi connectivity index (χ1n) is 2.19. The van der Waals surface area contributed by atoms with Crippen LogP contribution in [0.1, 0.15) is 0 Å². The monoisotopic (exact) mass is 198 g/mol. The van der Waals surface area contributed by atoms with Crippen molar-refractivity contribution < 1.29 is 42.9 Å². The quantitative estimate of drug-likeness (QED) is 0.608. The molecule has 0 amide bonds. The van der Waals surface area contributed by atoms with Crippen LogP contribution in [-0.2, 0) is 32.7 Å². The van der Waals surface area contributed by atoms with E-state index in [1.807, 2.05) is 0 Å². The molecular weight excluding hydrogens is 193 g/mol. The van der Waals surface area contributed by atoms with Crippen LogP contribution in [0.3, 0.4) is 0 Å². The summed E-state index contributed by atoms with van der Waals surface area (Å²) < 4.78 is 0. The van der Waals surface area contributed by atoms with Crippen LogP contribution in [0.15, 0.2) is 18.2 Å². The van der Waals surface area contributed by atoms with E-state index in [0.29, 0.717) is 0 Å². The summed E-state index contributed by atoms with van der Waals surface area (Å²) in [5.74, 6) is 0.0197. The zero-order valence-corrected chi connectivity index (χ0v) is 7.54. The van der Waals surface area contributed by atoms with Crippen molar-refractivity contribution in [2.75, 3.05) is 0 Å². The van der Waals surface area contributed by atoms with Gasteiger partial charge < -0.3 is 10.2 Å². The van der Waals surface area contributed by atoms with Crippen molar-refractivity contribution in [2.24, 2.45) is 0 Å². The van der Waals surface area contributed by atoms with Crippen LogP contribution in [0.4, 0.5) is 0 Å². The Bertz CT molecular complexity index is 171. The average molecular weight is 198 g/mol. The maximum absolute atomic E-state index is 8.63. The smallest absolute Gasteiger partial charge is 0.0117 e. The molecule has 2 N–H and O–H groups in total. The van der Waals surface area contributed by atoms with Crippen LogP contribution in [-0.4, -0.2) is 10.2 Å². The summed E-state index contributed by atoms with van der Waals surface area (Å²) in [5, 5.41) is 17.2. The van der Waals surface area contributed by atoms with Gasteiger partial charge in [0, 0.05) is 44.2 Å². The maximum atomic E-state index is 8.63. The van der Waals surface area contributed by atoms with E-state index in [4.69, 9.17) is 10.2 Å². The van der Waals surface area contributed by atoms with Crippen molar-refractivity contribution in [2.45, 2.75) is 0 Å². The molecule has 0 unspecified atom stereocenters. The Morgan fingerprint density at radius 1 is 1.33 bits per heavy atom. The van der Waals surface area contributed by atoms with Crippen molar-refractivity contribution in [3.05, 3.63) is 24.3 Å². The molecule has 0 fully saturated rings. The molecule has 0 saturated heterocycles. The minimum Gasteiger partial charge on any atom is -0.534 e. The molecule has 1 radical (unpaired) electrons. The minimum absolute atomic E-state index is 0. The molecule has 0 aromatic heterocycles. The van der Waals surface area contributed by atoms with Gasteiger partial charge in [0.15, 0.2) is 0 Å². The Morgan fingerprint density at radius 2 is 2.00 bits per heavy atom. The predicted octanol–water partition coefficient (Wildman–Crippen LogP) is 0.895. The number of hydrogen-bond acceptors (Lipinski definition) is 2. The van der Waals surface area contributed by atoms with Gasteiger partial charge in [-0.15, -0.1) is 12.1 Å². The van der Waals surface area contributed by atoms with E-state index < -0.39 is 0 Å². The molecule has 1 aromatic rings. The number of hydrogen-bond donors (Lipinski definition) is 2. The molecule has 0 aliphatic heterocycles. The fourth-order valence-electron chi connectivity index (χ4n) is 0.442. The summed E-state index contributed by atoms with van der Waals surface area (Å²) in [5.41, 5.74) is 0. The summed E-state index contributed by atoms with van der Waals surface area (Å²) >= 11 is 0. The average Bonchev–Trinajstić information content (AvgIpc) is 1.64. The molecule has 0 atom stereocenters. The summed E-state index contributed by atoms with van der Waals surface area (Å²) in [7, 11) is 0. The zero-order valence-electron chi connectivity index (χ0n) is 4.70. The molecule has 9 heavy (non-hydrogen) atoms. The Morgan fingerprint density at radius 3 is 2.33 bits per heavy atom. The van der Waals surface area contributed by atoms with Crippen LogP contribution < -0.4 is 0 Å². The van der Waals surface area contributed by atoms with Gasteiger partial charge in [-0.3, -0.25) is 0 Å². The molecule has 45 valence electrons. The fourth-order valence-corrected chi connectivity index (χ4v) is 0.442. The summed E-state index contributed by atoms with van der Waals surface area (Å²) in [6.45, 7) is 0. The molecule has 0 saturated carbocycles. The van der Waals surface area contributed by atoms with E-state index in [2.05, 4.69) is 6.07 Å². The van der Waals surface area contributed by atoms with Gasteiger partial charge in [-0.2, -0.15) is 6.07 Å². The summed E-state index contributed by atoms with van der Waals surface area (Å²) in [6.07, 6.45) is 0. The molecule has 0 heterocycles. The molecule has 0 aliphatic carbocycles. The van der Waals surface area contributed by atoms with Crippen LogP contribution in [0.2, 0.25) is 0 Å². The van der Waals surface area contributed by atoms with E-state index in [-0.39, 0.29) is 44.2 Å². The first kappa shape index (κ1) is 8.92. The minimum atomic E-state index is -0.0370. The molecule has 0 spiro atoms. The third-order valence-corrected chi connectivity index (χ3v) is 0.770. The van der Waals surface area contributed by atoms with Crippen molar-refractivity contribution in [3.8, 4) is 11.5 Å². The number of phenols is 2. The molecule has 1 rings (SSSR count). The largest absolute Gasteiger partial charge is 0.534 e. The first-order chi connectivity index (χ1) is 3.79. The molecule has 2 nitrogen and oxygen atoms in total. The van der Waals surface area contributed by atoms with Crippen LogP contribution >= 0.6 is 0 Å². The third-order valence-electron chi connectivity index (χ3n) is 0.770.